The SMILES string of the molecule is FC(F)(F)c1nnc(N2CCN(Cc3cncn3Cc3ccccc3)CC2)s1. The first kappa shape index (κ1) is 18.9. The highest BCUT2D eigenvalue weighted by molar-refractivity contribution is 7.15. The van der Waals surface area contributed by atoms with E-state index in [4.69, 9.17) is 0 Å². The highest BCUT2D eigenvalue weighted by atomic mass is 32.1. The third-order valence-corrected chi connectivity index (χ3v) is 5.71. The molecule has 2 aromatic heterocycles. The average molecular weight is 408 g/mol. The molecular weight excluding hydrogens is 389 g/mol. The van der Waals surface area contributed by atoms with Gasteiger partial charge in [-0.2, -0.15) is 13.2 Å². The van der Waals surface area contributed by atoms with Gasteiger partial charge in [0.2, 0.25) is 10.1 Å². The largest absolute Gasteiger partial charge is 0.445 e. The van der Waals surface area contributed by atoms with Crippen LogP contribution in [0.3, 0.4) is 0 Å². The van der Waals surface area contributed by atoms with Crippen LogP contribution >= 0.6 is 11.3 Å². The second-order valence-corrected chi connectivity index (χ2v) is 7.61. The summed E-state index contributed by atoms with van der Waals surface area (Å²) in [5.74, 6) is 0. The zero-order chi connectivity index (χ0) is 19.6. The lowest BCUT2D eigenvalue weighted by molar-refractivity contribution is -0.138. The summed E-state index contributed by atoms with van der Waals surface area (Å²) in [5.41, 5.74) is 2.33. The third-order valence-electron chi connectivity index (χ3n) is 4.68. The van der Waals surface area contributed by atoms with E-state index in [1.165, 1.54) is 5.56 Å². The quantitative estimate of drug-likeness (QED) is 0.649. The minimum absolute atomic E-state index is 0.334. The van der Waals surface area contributed by atoms with Gasteiger partial charge in [0, 0.05) is 45.5 Å². The Balaban J connectivity index is 1.34. The maximum Gasteiger partial charge on any atom is 0.445 e. The molecule has 0 N–H and O–H groups in total. The van der Waals surface area contributed by atoms with Gasteiger partial charge in [0.15, 0.2) is 0 Å². The Morgan fingerprint density at radius 1 is 0.964 bits per heavy atom. The highest BCUT2D eigenvalue weighted by Crippen LogP contribution is 2.34. The Bertz CT molecular complexity index is 899. The predicted molar refractivity (Wildman–Crippen MR) is 100 cm³/mol. The fourth-order valence-electron chi connectivity index (χ4n) is 3.19. The normalized spacial score (nSPS) is 15.9. The zero-order valence-corrected chi connectivity index (χ0v) is 15.8. The molecule has 0 radical (unpaired) electrons. The number of hydrogen-bond donors (Lipinski definition) is 0. The van der Waals surface area contributed by atoms with Crippen molar-refractivity contribution in [1.82, 2.24) is 24.6 Å². The predicted octanol–water partition coefficient (Wildman–Crippen LogP) is 3.12. The summed E-state index contributed by atoms with van der Waals surface area (Å²) in [7, 11) is 0. The monoisotopic (exact) mass is 408 g/mol. The molecule has 3 heterocycles. The molecule has 3 aromatic rings. The van der Waals surface area contributed by atoms with Crippen LogP contribution in [0.25, 0.3) is 0 Å². The number of benzene rings is 1. The Morgan fingerprint density at radius 3 is 2.39 bits per heavy atom. The number of nitrogens with zero attached hydrogens (tertiary/aromatic N) is 6. The van der Waals surface area contributed by atoms with Gasteiger partial charge in [-0.3, -0.25) is 4.90 Å². The van der Waals surface area contributed by atoms with Crippen LogP contribution in [0.1, 0.15) is 16.3 Å². The summed E-state index contributed by atoms with van der Waals surface area (Å²) in [4.78, 5) is 8.42. The first-order valence-electron chi connectivity index (χ1n) is 8.90. The van der Waals surface area contributed by atoms with Crippen molar-refractivity contribution in [2.45, 2.75) is 19.3 Å². The summed E-state index contributed by atoms with van der Waals surface area (Å²) in [6.45, 7) is 4.26. The van der Waals surface area contributed by atoms with Crippen LogP contribution < -0.4 is 4.90 Å². The number of hydrogen-bond acceptors (Lipinski definition) is 6. The molecular formula is C18H19F3N6S. The second-order valence-electron chi connectivity index (χ2n) is 6.65. The summed E-state index contributed by atoms with van der Waals surface area (Å²) >= 11 is 0.603. The minimum Gasteiger partial charge on any atom is -0.344 e. The zero-order valence-electron chi connectivity index (χ0n) is 15.0. The van der Waals surface area contributed by atoms with Gasteiger partial charge in [0.05, 0.1) is 12.0 Å². The van der Waals surface area contributed by atoms with E-state index in [2.05, 4.69) is 36.8 Å². The van der Waals surface area contributed by atoms with E-state index >= 15 is 0 Å². The van der Waals surface area contributed by atoms with Crippen LogP contribution in [0.15, 0.2) is 42.9 Å². The number of alkyl halides is 3. The molecule has 0 aliphatic carbocycles. The maximum absolute atomic E-state index is 12.7. The molecule has 1 saturated heterocycles. The molecule has 0 spiro atoms. The maximum atomic E-state index is 12.7. The van der Waals surface area contributed by atoms with Crippen LogP contribution in [0.5, 0.6) is 0 Å². The van der Waals surface area contributed by atoms with Crippen molar-refractivity contribution in [3.05, 3.63) is 59.1 Å². The molecule has 10 heteroatoms. The lowest BCUT2D eigenvalue weighted by Gasteiger charge is -2.34. The molecule has 148 valence electrons. The van der Waals surface area contributed by atoms with E-state index in [-0.39, 0.29) is 0 Å². The summed E-state index contributed by atoms with van der Waals surface area (Å²) in [5, 5.41) is 6.42. The molecule has 0 unspecified atom stereocenters. The van der Waals surface area contributed by atoms with Crippen molar-refractivity contribution < 1.29 is 13.2 Å². The second kappa shape index (κ2) is 7.88. The van der Waals surface area contributed by atoms with Crippen LogP contribution in [0.2, 0.25) is 0 Å². The van der Waals surface area contributed by atoms with Crippen LogP contribution in [0.4, 0.5) is 18.3 Å². The fraction of sp³-hybridized carbons (Fsp3) is 0.389. The summed E-state index contributed by atoms with van der Waals surface area (Å²) in [6.07, 6.45) is -0.733. The van der Waals surface area contributed by atoms with Gasteiger partial charge < -0.3 is 9.47 Å². The Labute approximate surface area is 164 Å². The Morgan fingerprint density at radius 2 is 1.71 bits per heavy atom. The van der Waals surface area contributed by atoms with Crippen LogP contribution in [-0.2, 0) is 19.3 Å². The van der Waals surface area contributed by atoms with Crippen molar-refractivity contribution in [2.24, 2.45) is 0 Å². The van der Waals surface area contributed by atoms with Crippen molar-refractivity contribution in [3.8, 4) is 0 Å². The van der Waals surface area contributed by atoms with Crippen molar-refractivity contribution in [3.63, 3.8) is 0 Å². The van der Waals surface area contributed by atoms with Crippen LogP contribution in [-0.4, -0.2) is 50.8 Å². The molecule has 0 saturated carbocycles. The summed E-state index contributed by atoms with van der Waals surface area (Å²) in [6, 6.07) is 10.2. The third kappa shape index (κ3) is 4.33. The lowest BCUT2D eigenvalue weighted by atomic mass is 10.2. The van der Waals surface area contributed by atoms with Crippen LogP contribution in [0, 0.1) is 0 Å². The van der Waals surface area contributed by atoms with E-state index in [0.717, 1.165) is 31.9 Å². The highest BCUT2D eigenvalue weighted by Gasteiger charge is 2.36. The van der Waals surface area contributed by atoms with E-state index in [1.807, 2.05) is 35.6 Å². The molecule has 0 amide bonds. The first-order chi connectivity index (χ1) is 13.5. The summed E-state index contributed by atoms with van der Waals surface area (Å²) < 4.78 is 40.3. The van der Waals surface area contributed by atoms with Gasteiger partial charge in [-0.15, -0.1) is 10.2 Å². The lowest BCUT2D eigenvalue weighted by Crippen LogP contribution is -2.46. The Hall–Kier alpha value is -2.46. The van der Waals surface area contributed by atoms with Gasteiger partial charge in [-0.05, 0) is 5.56 Å². The molecule has 1 fully saturated rings. The van der Waals surface area contributed by atoms with Crippen molar-refractivity contribution in [1.29, 1.82) is 0 Å². The van der Waals surface area contributed by atoms with Gasteiger partial charge in [-0.25, -0.2) is 4.98 Å². The average Bonchev–Trinajstić information content (AvgIpc) is 3.33. The molecule has 1 aromatic carbocycles. The number of rotatable bonds is 5. The molecule has 0 atom stereocenters. The van der Waals surface area contributed by atoms with Gasteiger partial charge >= 0.3 is 6.18 Å². The number of halogens is 3. The van der Waals surface area contributed by atoms with Crippen molar-refractivity contribution in [2.75, 3.05) is 31.1 Å². The van der Waals surface area contributed by atoms with Crippen molar-refractivity contribution >= 4 is 16.5 Å². The standard InChI is InChI=1S/C18H19F3N6S/c19-18(20,21)16-23-24-17(28-16)26-8-6-25(7-9-26)12-15-10-22-13-27(15)11-14-4-2-1-3-5-14/h1-5,10,13H,6-9,11-12H2. The van der Waals surface area contributed by atoms with E-state index in [0.29, 0.717) is 29.6 Å². The van der Waals surface area contributed by atoms with Gasteiger partial charge in [0.1, 0.15) is 0 Å². The molecule has 4 rings (SSSR count). The fourth-order valence-corrected chi connectivity index (χ4v) is 3.95. The number of anilines is 1. The Kier molecular flexibility index (Phi) is 5.31. The van der Waals surface area contributed by atoms with E-state index in [9.17, 15) is 13.2 Å². The number of piperazine rings is 1. The number of aromatic nitrogens is 4. The molecule has 1 aliphatic rings. The van der Waals surface area contributed by atoms with E-state index in [1.54, 1.807) is 0 Å². The molecule has 6 nitrogen and oxygen atoms in total. The molecule has 1 aliphatic heterocycles. The van der Waals surface area contributed by atoms with Gasteiger partial charge in [0.25, 0.3) is 0 Å². The van der Waals surface area contributed by atoms with E-state index < -0.39 is 11.2 Å². The molecule has 28 heavy (non-hydrogen) atoms. The first-order valence-corrected chi connectivity index (χ1v) is 9.71. The topological polar surface area (TPSA) is 50.1 Å². The number of imidazole rings is 1. The van der Waals surface area contributed by atoms with Gasteiger partial charge in [-0.1, -0.05) is 41.7 Å². The minimum atomic E-state index is -4.44. The molecule has 0 bridgehead atoms. The smallest absolute Gasteiger partial charge is 0.344 e.